The average Bonchev–Trinajstić information content (AvgIpc) is 3.29. The molecule has 4 rings (SSSR count). The number of aryl methyl sites for hydroxylation is 1. The van der Waals surface area contributed by atoms with Crippen molar-refractivity contribution in [1.29, 1.82) is 0 Å². The summed E-state index contributed by atoms with van der Waals surface area (Å²) in [5.74, 6) is -0.172. The van der Waals surface area contributed by atoms with Gasteiger partial charge in [-0.15, -0.1) is 11.3 Å². The Morgan fingerprint density at radius 2 is 2.15 bits per heavy atom. The highest BCUT2D eigenvalue weighted by molar-refractivity contribution is 7.13. The molecule has 7 heteroatoms. The quantitative estimate of drug-likeness (QED) is 0.591. The zero-order valence-corrected chi connectivity index (χ0v) is 15.0. The molecule has 130 valence electrons. The number of hydrogen-bond acceptors (Lipinski definition) is 5. The monoisotopic (exact) mass is 363 g/mol. The van der Waals surface area contributed by atoms with Gasteiger partial charge >= 0.3 is 0 Å². The summed E-state index contributed by atoms with van der Waals surface area (Å²) < 4.78 is 1.87. The van der Waals surface area contributed by atoms with Crippen molar-refractivity contribution >= 4 is 22.9 Å². The summed E-state index contributed by atoms with van der Waals surface area (Å²) in [5, 5.41) is 5.87. The van der Waals surface area contributed by atoms with Gasteiger partial charge in [-0.25, -0.2) is 9.97 Å². The Hall–Kier alpha value is -3.06. The van der Waals surface area contributed by atoms with Crippen LogP contribution in [0.2, 0.25) is 0 Å². The maximum atomic E-state index is 12.3. The Balaban J connectivity index is 1.37. The second-order valence-electron chi connectivity index (χ2n) is 5.99. The van der Waals surface area contributed by atoms with E-state index >= 15 is 0 Å². The van der Waals surface area contributed by atoms with E-state index in [1.165, 1.54) is 0 Å². The van der Waals surface area contributed by atoms with E-state index in [4.69, 9.17) is 0 Å². The maximum Gasteiger partial charge on any atom is 0.271 e. The highest BCUT2D eigenvalue weighted by atomic mass is 32.1. The number of aromatic nitrogens is 4. The number of carbonyl (C=O) groups excluding carboxylic acids is 1. The molecular formula is C19H17N5OS. The SMILES string of the molecule is Cc1ccc2nc(C(=O)NCCc3csc(-c4cccnc4)n3)cn2c1. The van der Waals surface area contributed by atoms with Crippen LogP contribution in [0.4, 0.5) is 0 Å². The lowest BCUT2D eigenvalue weighted by molar-refractivity contribution is 0.0949. The van der Waals surface area contributed by atoms with Crippen LogP contribution in [0.1, 0.15) is 21.7 Å². The Kier molecular flexibility index (Phi) is 4.45. The Labute approximate surface area is 154 Å². The summed E-state index contributed by atoms with van der Waals surface area (Å²) >= 11 is 1.58. The number of imidazole rings is 1. The molecule has 0 saturated carbocycles. The molecular weight excluding hydrogens is 346 g/mol. The Bertz CT molecular complexity index is 1050. The van der Waals surface area contributed by atoms with Gasteiger partial charge in [0.15, 0.2) is 0 Å². The van der Waals surface area contributed by atoms with Crippen molar-refractivity contribution in [1.82, 2.24) is 24.7 Å². The number of hydrogen-bond donors (Lipinski definition) is 1. The minimum absolute atomic E-state index is 0.172. The van der Waals surface area contributed by atoms with Crippen LogP contribution in [0.25, 0.3) is 16.2 Å². The lowest BCUT2D eigenvalue weighted by atomic mass is 10.3. The summed E-state index contributed by atoms with van der Waals surface area (Å²) in [6.45, 7) is 2.52. The van der Waals surface area contributed by atoms with Crippen molar-refractivity contribution in [3.05, 3.63) is 71.4 Å². The van der Waals surface area contributed by atoms with Gasteiger partial charge in [-0.05, 0) is 30.7 Å². The van der Waals surface area contributed by atoms with Gasteiger partial charge in [-0.2, -0.15) is 0 Å². The molecule has 0 saturated heterocycles. The van der Waals surface area contributed by atoms with Gasteiger partial charge in [-0.1, -0.05) is 6.07 Å². The van der Waals surface area contributed by atoms with Gasteiger partial charge in [0.25, 0.3) is 5.91 Å². The van der Waals surface area contributed by atoms with Crippen LogP contribution in [0.5, 0.6) is 0 Å². The minimum Gasteiger partial charge on any atom is -0.350 e. The number of thiazole rings is 1. The van der Waals surface area contributed by atoms with Crippen molar-refractivity contribution in [2.75, 3.05) is 6.54 Å². The van der Waals surface area contributed by atoms with Gasteiger partial charge in [0.05, 0.1) is 5.69 Å². The van der Waals surface area contributed by atoms with Crippen molar-refractivity contribution in [2.24, 2.45) is 0 Å². The third kappa shape index (κ3) is 3.48. The minimum atomic E-state index is -0.172. The fraction of sp³-hybridized carbons (Fsp3) is 0.158. The lowest BCUT2D eigenvalue weighted by Crippen LogP contribution is -2.26. The molecule has 26 heavy (non-hydrogen) atoms. The van der Waals surface area contributed by atoms with E-state index in [-0.39, 0.29) is 5.91 Å². The first-order chi connectivity index (χ1) is 12.7. The van der Waals surface area contributed by atoms with Crippen LogP contribution < -0.4 is 5.32 Å². The molecule has 4 aromatic rings. The number of carbonyl (C=O) groups is 1. The van der Waals surface area contributed by atoms with Crippen molar-refractivity contribution in [3.8, 4) is 10.6 Å². The van der Waals surface area contributed by atoms with Crippen LogP contribution >= 0.6 is 11.3 Å². The number of rotatable bonds is 5. The summed E-state index contributed by atoms with van der Waals surface area (Å²) in [5.41, 5.74) is 4.27. The highest BCUT2D eigenvalue weighted by Gasteiger charge is 2.11. The molecule has 0 fully saturated rings. The molecule has 0 aliphatic carbocycles. The van der Waals surface area contributed by atoms with E-state index in [1.807, 2.05) is 47.2 Å². The average molecular weight is 363 g/mol. The smallest absolute Gasteiger partial charge is 0.271 e. The number of fused-ring (bicyclic) bond motifs is 1. The molecule has 4 aromatic heterocycles. The standard InChI is InChI=1S/C19H17N5OS/c1-13-4-5-17-23-16(11-24(17)10-13)18(25)21-8-6-15-12-26-19(22-15)14-3-2-7-20-9-14/h2-5,7,9-12H,6,8H2,1H3,(H,21,25). The summed E-state index contributed by atoms with van der Waals surface area (Å²) in [6, 6.07) is 7.77. The van der Waals surface area contributed by atoms with Crippen LogP contribution in [-0.4, -0.2) is 31.8 Å². The fourth-order valence-electron chi connectivity index (χ4n) is 2.65. The van der Waals surface area contributed by atoms with Gasteiger partial charge in [0.2, 0.25) is 0 Å². The second-order valence-corrected chi connectivity index (χ2v) is 6.85. The molecule has 0 atom stereocenters. The van der Waals surface area contributed by atoms with E-state index in [0.717, 1.165) is 27.5 Å². The molecule has 6 nitrogen and oxygen atoms in total. The topological polar surface area (TPSA) is 72.2 Å². The first kappa shape index (κ1) is 16.4. The van der Waals surface area contributed by atoms with Gasteiger partial charge < -0.3 is 9.72 Å². The van der Waals surface area contributed by atoms with Gasteiger partial charge in [0, 0.05) is 48.7 Å². The predicted molar refractivity (Wildman–Crippen MR) is 101 cm³/mol. The van der Waals surface area contributed by atoms with Gasteiger partial charge in [-0.3, -0.25) is 9.78 Å². The number of nitrogens with zero attached hydrogens (tertiary/aromatic N) is 4. The molecule has 1 N–H and O–H groups in total. The number of nitrogens with one attached hydrogen (secondary N) is 1. The first-order valence-corrected chi connectivity index (χ1v) is 9.15. The zero-order chi connectivity index (χ0) is 17.9. The van der Waals surface area contributed by atoms with E-state index in [1.54, 1.807) is 29.9 Å². The van der Waals surface area contributed by atoms with Crippen LogP contribution in [0, 0.1) is 6.92 Å². The predicted octanol–water partition coefficient (Wildman–Crippen LogP) is 3.13. The Morgan fingerprint density at radius 3 is 3.00 bits per heavy atom. The summed E-state index contributed by atoms with van der Waals surface area (Å²) in [6.07, 6.45) is 7.92. The molecule has 0 radical (unpaired) electrons. The maximum absolute atomic E-state index is 12.3. The zero-order valence-electron chi connectivity index (χ0n) is 14.2. The second kappa shape index (κ2) is 7.05. The molecule has 0 spiro atoms. The fourth-order valence-corrected chi connectivity index (χ4v) is 3.50. The van der Waals surface area contributed by atoms with Gasteiger partial charge in [0.1, 0.15) is 16.3 Å². The summed E-state index contributed by atoms with van der Waals surface area (Å²) in [7, 11) is 0. The molecule has 0 aromatic carbocycles. The van der Waals surface area contributed by atoms with Crippen molar-refractivity contribution < 1.29 is 4.79 Å². The molecule has 1 amide bonds. The lowest BCUT2D eigenvalue weighted by Gasteiger charge is -2.01. The molecule has 4 heterocycles. The largest absolute Gasteiger partial charge is 0.350 e. The molecule has 0 bridgehead atoms. The Morgan fingerprint density at radius 1 is 1.23 bits per heavy atom. The normalized spacial score (nSPS) is 11.0. The summed E-state index contributed by atoms with van der Waals surface area (Å²) in [4.78, 5) is 25.4. The molecule has 0 aliphatic rings. The van der Waals surface area contributed by atoms with Crippen LogP contribution in [0.3, 0.4) is 0 Å². The van der Waals surface area contributed by atoms with Crippen molar-refractivity contribution in [3.63, 3.8) is 0 Å². The number of pyridine rings is 2. The van der Waals surface area contributed by atoms with Crippen LogP contribution in [-0.2, 0) is 6.42 Å². The van der Waals surface area contributed by atoms with E-state index in [0.29, 0.717) is 18.7 Å². The van der Waals surface area contributed by atoms with E-state index < -0.39 is 0 Å². The third-order valence-electron chi connectivity index (χ3n) is 3.96. The molecule has 0 aliphatic heterocycles. The first-order valence-electron chi connectivity index (χ1n) is 8.27. The highest BCUT2D eigenvalue weighted by Crippen LogP contribution is 2.22. The van der Waals surface area contributed by atoms with Crippen LogP contribution in [0.15, 0.2) is 54.4 Å². The number of amides is 1. The molecule has 0 unspecified atom stereocenters. The van der Waals surface area contributed by atoms with Crippen molar-refractivity contribution in [2.45, 2.75) is 13.3 Å². The third-order valence-corrected chi connectivity index (χ3v) is 4.90. The van der Waals surface area contributed by atoms with E-state index in [2.05, 4.69) is 20.3 Å². The van der Waals surface area contributed by atoms with E-state index in [9.17, 15) is 4.79 Å².